The summed E-state index contributed by atoms with van der Waals surface area (Å²) >= 11 is 0. The minimum absolute atomic E-state index is 0.0690. The molecular weight excluding hydrogens is 280 g/mol. The van der Waals surface area contributed by atoms with Gasteiger partial charge in [0.1, 0.15) is 0 Å². The van der Waals surface area contributed by atoms with Crippen LogP contribution >= 0.6 is 0 Å². The van der Waals surface area contributed by atoms with Crippen molar-refractivity contribution in [2.45, 2.75) is 66.1 Å². The molecular formula is C16H30N4O2. The predicted octanol–water partition coefficient (Wildman–Crippen LogP) is 2.32. The minimum atomic E-state index is -0.275. The van der Waals surface area contributed by atoms with Gasteiger partial charge in [-0.25, -0.2) is 4.79 Å². The molecule has 1 heterocycles. The molecule has 1 unspecified atom stereocenters. The first-order valence-electron chi connectivity index (χ1n) is 7.80. The SMILES string of the molecule is Cc1nn(C(C)(C)C)cc1C(C)NC(=O)N[C@H](CO)C(C)C. The van der Waals surface area contributed by atoms with E-state index in [1.165, 1.54) is 0 Å². The monoisotopic (exact) mass is 310 g/mol. The second-order valence-electron chi connectivity index (χ2n) is 7.16. The molecule has 1 aromatic rings. The Balaban J connectivity index is 2.75. The molecule has 0 saturated carbocycles. The first-order valence-corrected chi connectivity index (χ1v) is 7.80. The van der Waals surface area contributed by atoms with Gasteiger partial charge in [0.2, 0.25) is 0 Å². The molecule has 1 aromatic heterocycles. The summed E-state index contributed by atoms with van der Waals surface area (Å²) in [6.07, 6.45) is 1.98. The zero-order chi connectivity index (χ0) is 17.1. The van der Waals surface area contributed by atoms with E-state index in [4.69, 9.17) is 0 Å². The number of urea groups is 1. The van der Waals surface area contributed by atoms with Crippen molar-refractivity contribution in [1.82, 2.24) is 20.4 Å². The fraction of sp³-hybridized carbons (Fsp3) is 0.750. The Morgan fingerprint density at radius 1 is 1.32 bits per heavy atom. The lowest BCUT2D eigenvalue weighted by molar-refractivity contribution is 0.196. The van der Waals surface area contributed by atoms with Gasteiger partial charge >= 0.3 is 6.03 Å². The second-order valence-corrected chi connectivity index (χ2v) is 7.16. The Bertz CT molecular complexity index is 503. The number of carbonyl (C=O) groups excluding carboxylic acids is 1. The molecule has 3 N–H and O–H groups in total. The molecule has 6 nitrogen and oxygen atoms in total. The maximum atomic E-state index is 12.1. The summed E-state index contributed by atoms with van der Waals surface area (Å²) in [6.45, 7) is 14.0. The van der Waals surface area contributed by atoms with Crippen molar-refractivity contribution in [2.24, 2.45) is 5.92 Å². The highest BCUT2D eigenvalue weighted by Gasteiger charge is 2.21. The Kier molecular flexibility index (Phi) is 6.00. The third kappa shape index (κ3) is 4.73. The highest BCUT2D eigenvalue weighted by molar-refractivity contribution is 5.74. The van der Waals surface area contributed by atoms with Crippen molar-refractivity contribution in [3.63, 3.8) is 0 Å². The van der Waals surface area contributed by atoms with Crippen molar-refractivity contribution in [2.75, 3.05) is 6.61 Å². The quantitative estimate of drug-likeness (QED) is 0.781. The topological polar surface area (TPSA) is 79.2 Å². The third-order valence-electron chi connectivity index (χ3n) is 3.76. The number of rotatable bonds is 5. The summed E-state index contributed by atoms with van der Waals surface area (Å²) in [6, 6.07) is -0.670. The van der Waals surface area contributed by atoms with Crippen molar-refractivity contribution >= 4 is 6.03 Å². The van der Waals surface area contributed by atoms with Gasteiger partial charge in [-0.3, -0.25) is 4.68 Å². The molecule has 0 fully saturated rings. The van der Waals surface area contributed by atoms with Crippen LogP contribution in [0.1, 0.15) is 58.8 Å². The molecule has 0 bridgehead atoms. The molecule has 2 atom stereocenters. The molecule has 0 aliphatic rings. The highest BCUT2D eigenvalue weighted by atomic mass is 16.3. The lowest BCUT2D eigenvalue weighted by atomic mass is 10.1. The van der Waals surface area contributed by atoms with Gasteiger partial charge in [0, 0.05) is 11.8 Å². The van der Waals surface area contributed by atoms with Crippen molar-refractivity contribution in [3.05, 3.63) is 17.5 Å². The lowest BCUT2D eigenvalue weighted by Crippen LogP contribution is -2.46. The number of nitrogens with one attached hydrogen (secondary N) is 2. The predicted molar refractivity (Wildman–Crippen MR) is 87.8 cm³/mol. The zero-order valence-corrected chi connectivity index (χ0v) is 14.8. The zero-order valence-electron chi connectivity index (χ0n) is 14.8. The summed E-state index contributed by atoms with van der Waals surface area (Å²) in [7, 11) is 0. The fourth-order valence-corrected chi connectivity index (χ4v) is 2.15. The largest absolute Gasteiger partial charge is 0.394 e. The molecule has 126 valence electrons. The van der Waals surface area contributed by atoms with Gasteiger partial charge in [0.15, 0.2) is 0 Å². The molecule has 0 aliphatic carbocycles. The van der Waals surface area contributed by atoms with Crippen LogP contribution in [-0.2, 0) is 5.54 Å². The number of aliphatic hydroxyl groups is 1. The van der Waals surface area contributed by atoms with E-state index in [1.54, 1.807) is 0 Å². The van der Waals surface area contributed by atoms with Crippen LogP contribution in [0.2, 0.25) is 0 Å². The van der Waals surface area contributed by atoms with Gasteiger partial charge in [-0.1, -0.05) is 13.8 Å². The molecule has 0 aliphatic heterocycles. The fourth-order valence-electron chi connectivity index (χ4n) is 2.15. The molecule has 2 amide bonds. The number of hydrogen-bond acceptors (Lipinski definition) is 3. The van der Waals surface area contributed by atoms with E-state index < -0.39 is 0 Å². The van der Waals surface area contributed by atoms with Crippen LogP contribution in [0.3, 0.4) is 0 Å². The molecule has 1 rings (SSSR count). The number of nitrogens with zero attached hydrogens (tertiary/aromatic N) is 2. The van der Waals surface area contributed by atoms with Crippen LogP contribution in [0.25, 0.3) is 0 Å². The van der Waals surface area contributed by atoms with Gasteiger partial charge < -0.3 is 15.7 Å². The number of aliphatic hydroxyl groups excluding tert-OH is 1. The normalized spacial score (nSPS) is 14.8. The first-order chi connectivity index (χ1) is 10.1. The smallest absolute Gasteiger partial charge is 0.315 e. The molecule has 6 heteroatoms. The number of carbonyl (C=O) groups is 1. The Morgan fingerprint density at radius 2 is 1.91 bits per heavy atom. The van der Waals surface area contributed by atoms with E-state index >= 15 is 0 Å². The Hall–Kier alpha value is -1.56. The van der Waals surface area contributed by atoms with Gasteiger partial charge in [-0.15, -0.1) is 0 Å². The van der Waals surface area contributed by atoms with Crippen molar-refractivity contribution in [3.8, 4) is 0 Å². The number of aromatic nitrogens is 2. The van der Waals surface area contributed by atoms with E-state index in [1.807, 2.05) is 38.6 Å². The van der Waals surface area contributed by atoms with Crippen LogP contribution in [0.15, 0.2) is 6.20 Å². The maximum absolute atomic E-state index is 12.1. The standard InChI is InChI=1S/C16H30N4O2/c1-10(2)14(9-21)18-15(22)17-11(3)13-8-20(16(5,6)7)19-12(13)4/h8,10-11,14,21H,9H2,1-7H3,(H2,17,18,22)/t11?,14-/m1/s1. The van der Waals surface area contributed by atoms with Crippen LogP contribution in [0.4, 0.5) is 4.79 Å². The van der Waals surface area contributed by atoms with Gasteiger partial charge in [-0.2, -0.15) is 5.10 Å². The van der Waals surface area contributed by atoms with Gasteiger partial charge in [-0.05, 0) is 40.5 Å². The summed E-state index contributed by atoms with van der Waals surface area (Å²) in [5, 5.41) is 19.5. The molecule has 22 heavy (non-hydrogen) atoms. The van der Waals surface area contributed by atoms with Crippen LogP contribution < -0.4 is 10.6 Å². The highest BCUT2D eigenvalue weighted by Crippen LogP contribution is 2.21. The maximum Gasteiger partial charge on any atom is 0.315 e. The van der Waals surface area contributed by atoms with E-state index in [9.17, 15) is 9.90 Å². The van der Waals surface area contributed by atoms with E-state index in [0.29, 0.717) is 0 Å². The average molecular weight is 310 g/mol. The number of hydrogen-bond donors (Lipinski definition) is 3. The van der Waals surface area contributed by atoms with E-state index in [2.05, 4.69) is 36.5 Å². The molecule has 0 radical (unpaired) electrons. The van der Waals surface area contributed by atoms with Crippen LogP contribution in [0, 0.1) is 12.8 Å². The Morgan fingerprint density at radius 3 is 2.32 bits per heavy atom. The van der Waals surface area contributed by atoms with Crippen LogP contribution in [0.5, 0.6) is 0 Å². The first kappa shape index (κ1) is 18.5. The molecule has 0 aromatic carbocycles. The number of aryl methyl sites for hydroxylation is 1. The van der Waals surface area contributed by atoms with Crippen molar-refractivity contribution in [1.29, 1.82) is 0 Å². The minimum Gasteiger partial charge on any atom is -0.394 e. The van der Waals surface area contributed by atoms with Crippen molar-refractivity contribution < 1.29 is 9.90 Å². The summed E-state index contributed by atoms with van der Waals surface area (Å²) in [5.74, 6) is 0.177. The third-order valence-corrected chi connectivity index (χ3v) is 3.76. The summed E-state index contributed by atoms with van der Waals surface area (Å²) in [5.41, 5.74) is 1.81. The van der Waals surface area contributed by atoms with Crippen LogP contribution in [-0.4, -0.2) is 33.6 Å². The van der Waals surface area contributed by atoms with Gasteiger partial charge in [0.05, 0.1) is 29.9 Å². The lowest BCUT2D eigenvalue weighted by Gasteiger charge is -2.22. The van der Waals surface area contributed by atoms with E-state index in [0.717, 1.165) is 11.3 Å². The summed E-state index contributed by atoms with van der Waals surface area (Å²) < 4.78 is 1.92. The average Bonchev–Trinajstić information content (AvgIpc) is 2.77. The molecule has 0 spiro atoms. The number of amides is 2. The summed E-state index contributed by atoms with van der Waals surface area (Å²) in [4.78, 5) is 12.1. The second kappa shape index (κ2) is 7.13. The Labute approximate surface area is 133 Å². The van der Waals surface area contributed by atoms with Gasteiger partial charge in [0.25, 0.3) is 0 Å². The molecule has 0 saturated heterocycles. The van der Waals surface area contributed by atoms with E-state index in [-0.39, 0.29) is 36.2 Å².